The number of carbonyl (C=O) groups is 2. The minimum atomic E-state index is -0.135. The van der Waals surface area contributed by atoms with Crippen LogP contribution in [-0.2, 0) is 20.9 Å². The molecule has 158 valence electrons. The first-order valence-corrected chi connectivity index (χ1v) is 11.3. The van der Waals surface area contributed by atoms with E-state index in [1.165, 1.54) is 32.1 Å². The summed E-state index contributed by atoms with van der Waals surface area (Å²) in [5.41, 5.74) is 0.918. The SMILES string of the molecule is CCCCCCCCC(=O)CCCCCCCCC(=O)OCc1cccnc1. The molecule has 0 saturated heterocycles. The van der Waals surface area contributed by atoms with E-state index in [1.807, 2.05) is 12.1 Å². The molecule has 0 aliphatic heterocycles. The van der Waals surface area contributed by atoms with E-state index >= 15 is 0 Å². The van der Waals surface area contributed by atoms with Crippen LogP contribution in [-0.4, -0.2) is 16.7 Å². The van der Waals surface area contributed by atoms with Crippen molar-refractivity contribution in [1.29, 1.82) is 0 Å². The van der Waals surface area contributed by atoms with Gasteiger partial charge in [-0.1, -0.05) is 70.8 Å². The summed E-state index contributed by atoms with van der Waals surface area (Å²) in [6.07, 6.45) is 19.2. The number of nitrogens with zero attached hydrogens (tertiary/aromatic N) is 1. The van der Waals surface area contributed by atoms with E-state index in [4.69, 9.17) is 4.74 Å². The zero-order chi connectivity index (χ0) is 20.3. The van der Waals surface area contributed by atoms with Gasteiger partial charge in [0.15, 0.2) is 0 Å². The van der Waals surface area contributed by atoms with E-state index in [1.54, 1.807) is 12.4 Å². The Balaban J connectivity index is 1.84. The Labute approximate surface area is 171 Å². The Kier molecular flexibility index (Phi) is 15.1. The minimum Gasteiger partial charge on any atom is -0.461 e. The fourth-order valence-corrected chi connectivity index (χ4v) is 3.25. The Morgan fingerprint density at radius 1 is 0.821 bits per heavy atom. The van der Waals surface area contributed by atoms with Crippen molar-refractivity contribution < 1.29 is 14.3 Å². The lowest BCUT2D eigenvalue weighted by Crippen LogP contribution is -2.04. The fraction of sp³-hybridized carbons (Fsp3) is 0.708. The summed E-state index contributed by atoms with van der Waals surface area (Å²) in [4.78, 5) is 27.6. The number of ether oxygens (including phenoxy) is 1. The number of pyridine rings is 1. The first-order chi connectivity index (χ1) is 13.7. The summed E-state index contributed by atoms with van der Waals surface area (Å²) >= 11 is 0. The molecule has 0 amide bonds. The molecule has 0 N–H and O–H groups in total. The molecular formula is C24H39NO3. The van der Waals surface area contributed by atoms with E-state index in [-0.39, 0.29) is 5.97 Å². The molecule has 1 heterocycles. The molecule has 0 bridgehead atoms. The maximum atomic E-state index is 11.9. The average molecular weight is 390 g/mol. The van der Waals surface area contributed by atoms with Gasteiger partial charge < -0.3 is 4.74 Å². The highest BCUT2D eigenvalue weighted by Crippen LogP contribution is 2.12. The summed E-state index contributed by atoms with van der Waals surface area (Å²) in [7, 11) is 0. The van der Waals surface area contributed by atoms with Crippen LogP contribution in [0, 0.1) is 0 Å². The highest BCUT2D eigenvalue weighted by atomic mass is 16.5. The summed E-state index contributed by atoms with van der Waals surface area (Å²) in [6.45, 7) is 2.53. The second-order valence-electron chi connectivity index (χ2n) is 7.70. The van der Waals surface area contributed by atoms with E-state index in [0.717, 1.165) is 63.4 Å². The lowest BCUT2D eigenvalue weighted by atomic mass is 10.0. The van der Waals surface area contributed by atoms with Crippen LogP contribution in [0.4, 0.5) is 0 Å². The molecule has 1 aromatic heterocycles. The molecule has 4 heteroatoms. The third-order valence-electron chi connectivity index (χ3n) is 5.02. The molecule has 0 atom stereocenters. The van der Waals surface area contributed by atoms with Crippen LogP contribution >= 0.6 is 0 Å². The second-order valence-corrected chi connectivity index (χ2v) is 7.70. The first-order valence-electron chi connectivity index (χ1n) is 11.3. The number of unbranched alkanes of at least 4 members (excludes halogenated alkanes) is 10. The molecule has 0 aliphatic rings. The Morgan fingerprint density at radius 2 is 1.39 bits per heavy atom. The zero-order valence-electron chi connectivity index (χ0n) is 17.8. The molecule has 0 radical (unpaired) electrons. The number of aromatic nitrogens is 1. The fourth-order valence-electron chi connectivity index (χ4n) is 3.25. The van der Waals surface area contributed by atoms with E-state index < -0.39 is 0 Å². The molecular weight excluding hydrogens is 350 g/mol. The predicted molar refractivity (Wildman–Crippen MR) is 114 cm³/mol. The quantitative estimate of drug-likeness (QED) is 0.210. The van der Waals surface area contributed by atoms with Crippen LogP contribution in [0.5, 0.6) is 0 Å². The molecule has 0 spiro atoms. The maximum absolute atomic E-state index is 11.9. The Bertz CT molecular complexity index is 516. The largest absolute Gasteiger partial charge is 0.461 e. The first kappa shape index (κ1) is 24.3. The summed E-state index contributed by atoms with van der Waals surface area (Å²) in [6, 6.07) is 3.74. The molecule has 0 aliphatic carbocycles. The van der Waals surface area contributed by atoms with Crippen molar-refractivity contribution in [2.24, 2.45) is 0 Å². The Hall–Kier alpha value is -1.71. The van der Waals surface area contributed by atoms with Crippen molar-refractivity contribution >= 4 is 11.8 Å². The van der Waals surface area contributed by atoms with Crippen molar-refractivity contribution in [1.82, 2.24) is 4.98 Å². The normalized spacial score (nSPS) is 10.8. The zero-order valence-corrected chi connectivity index (χ0v) is 17.8. The van der Waals surface area contributed by atoms with Crippen LogP contribution in [0.2, 0.25) is 0 Å². The van der Waals surface area contributed by atoms with E-state index in [9.17, 15) is 9.59 Å². The van der Waals surface area contributed by atoms with Gasteiger partial charge >= 0.3 is 5.97 Å². The monoisotopic (exact) mass is 389 g/mol. The standard InChI is InChI=1S/C24H39NO3/c1-2-3-4-5-8-11-16-23(26)17-12-9-6-7-10-13-18-24(27)28-21-22-15-14-19-25-20-22/h14-15,19-20H,2-13,16-18,21H2,1H3. The molecule has 0 aromatic carbocycles. The topological polar surface area (TPSA) is 56.3 Å². The van der Waals surface area contributed by atoms with Crippen LogP contribution in [0.1, 0.15) is 109 Å². The molecule has 0 fully saturated rings. The van der Waals surface area contributed by atoms with Crippen LogP contribution in [0.25, 0.3) is 0 Å². The van der Waals surface area contributed by atoms with Crippen molar-refractivity contribution in [3.05, 3.63) is 30.1 Å². The lowest BCUT2D eigenvalue weighted by Gasteiger charge is -2.05. The van der Waals surface area contributed by atoms with Gasteiger partial charge in [0, 0.05) is 37.2 Å². The van der Waals surface area contributed by atoms with Crippen molar-refractivity contribution in [2.45, 2.75) is 110 Å². The van der Waals surface area contributed by atoms with Crippen molar-refractivity contribution in [3.8, 4) is 0 Å². The number of carbonyl (C=O) groups excluding carboxylic acids is 2. The number of rotatable bonds is 18. The van der Waals surface area contributed by atoms with Gasteiger partial charge in [-0.2, -0.15) is 0 Å². The molecule has 4 nitrogen and oxygen atoms in total. The van der Waals surface area contributed by atoms with Gasteiger partial charge in [-0.15, -0.1) is 0 Å². The van der Waals surface area contributed by atoms with Gasteiger partial charge in [0.25, 0.3) is 0 Å². The highest BCUT2D eigenvalue weighted by molar-refractivity contribution is 5.78. The summed E-state index contributed by atoms with van der Waals surface area (Å²) in [5.74, 6) is 0.302. The van der Waals surface area contributed by atoms with Crippen LogP contribution < -0.4 is 0 Å². The number of ketones is 1. The minimum absolute atomic E-state index is 0.135. The van der Waals surface area contributed by atoms with Crippen molar-refractivity contribution in [3.63, 3.8) is 0 Å². The highest BCUT2D eigenvalue weighted by Gasteiger charge is 2.04. The van der Waals surface area contributed by atoms with E-state index in [0.29, 0.717) is 18.8 Å². The molecule has 28 heavy (non-hydrogen) atoms. The molecule has 0 unspecified atom stereocenters. The molecule has 0 saturated carbocycles. The molecule has 1 rings (SSSR count). The van der Waals surface area contributed by atoms with Gasteiger partial charge in [0.1, 0.15) is 12.4 Å². The second kappa shape index (κ2) is 17.4. The van der Waals surface area contributed by atoms with Crippen molar-refractivity contribution in [2.75, 3.05) is 0 Å². The molecule has 1 aromatic rings. The smallest absolute Gasteiger partial charge is 0.306 e. The summed E-state index contributed by atoms with van der Waals surface area (Å²) in [5, 5.41) is 0. The third kappa shape index (κ3) is 14.4. The van der Waals surface area contributed by atoms with Crippen LogP contribution in [0.3, 0.4) is 0 Å². The van der Waals surface area contributed by atoms with Gasteiger partial charge in [0.05, 0.1) is 0 Å². The predicted octanol–water partition coefficient (Wildman–Crippen LogP) is 6.57. The van der Waals surface area contributed by atoms with Gasteiger partial charge in [-0.3, -0.25) is 14.6 Å². The van der Waals surface area contributed by atoms with Crippen LogP contribution in [0.15, 0.2) is 24.5 Å². The lowest BCUT2D eigenvalue weighted by molar-refractivity contribution is -0.145. The van der Waals surface area contributed by atoms with Gasteiger partial charge in [-0.05, 0) is 25.3 Å². The number of Topliss-reactive ketones (excluding diaryl/α,β-unsaturated/α-hetero) is 1. The van der Waals surface area contributed by atoms with Gasteiger partial charge in [-0.25, -0.2) is 0 Å². The number of esters is 1. The number of hydrogen-bond acceptors (Lipinski definition) is 4. The third-order valence-corrected chi connectivity index (χ3v) is 5.02. The van der Waals surface area contributed by atoms with Gasteiger partial charge in [0.2, 0.25) is 0 Å². The van der Waals surface area contributed by atoms with E-state index in [2.05, 4.69) is 11.9 Å². The summed E-state index contributed by atoms with van der Waals surface area (Å²) < 4.78 is 5.24. The number of hydrogen-bond donors (Lipinski definition) is 0. The maximum Gasteiger partial charge on any atom is 0.306 e. The average Bonchev–Trinajstić information content (AvgIpc) is 2.71. The Morgan fingerprint density at radius 3 is 1.96 bits per heavy atom.